The molecule has 0 spiro atoms. The van der Waals surface area contributed by atoms with E-state index >= 15 is 0 Å². The minimum Gasteiger partial charge on any atom is -0.346 e. The Kier molecular flexibility index (Phi) is 3.64. The summed E-state index contributed by atoms with van der Waals surface area (Å²) in [7, 11) is 0. The molecule has 1 aliphatic heterocycles. The van der Waals surface area contributed by atoms with Crippen LogP contribution >= 0.6 is 0 Å². The highest BCUT2D eigenvalue weighted by Crippen LogP contribution is 2.17. The maximum atomic E-state index is 4.69. The zero-order valence-corrected chi connectivity index (χ0v) is 12.0. The molecular weight excluding hydrogens is 252 g/mol. The molecule has 0 aliphatic carbocycles. The van der Waals surface area contributed by atoms with Crippen LogP contribution in [-0.2, 0) is 19.6 Å². The average molecular weight is 272 g/mol. The molecule has 6 heteroatoms. The molecule has 0 radical (unpaired) electrons. The molecule has 3 heterocycles. The zero-order valence-electron chi connectivity index (χ0n) is 12.0. The van der Waals surface area contributed by atoms with Crippen molar-refractivity contribution < 1.29 is 0 Å². The molecule has 2 aromatic rings. The maximum Gasteiger partial charge on any atom is 0.147 e. The van der Waals surface area contributed by atoms with Crippen LogP contribution < -0.4 is 10.2 Å². The number of imidazole rings is 1. The van der Waals surface area contributed by atoms with Crippen LogP contribution in [0.25, 0.3) is 0 Å². The third-order valence-electron chi connectivity index (χ3n) is 3.43. The molecule has 0 saturated heterocycles. The molecule has 0 bridgehead atoms. The highest BCUT2D eigenvalue weighted by atomic mass is 15.3. The number of nitrogens with one attached hydrogen (secondary N) is 1. The number of aromatic nitrogens is 4. The van der Waals surface area contributed by atoms with Crippen molar-refractivity contribution in [3.8, 4) is 0 Å². The van der Waals surface area contributed by atoms with Crippen molar-refractivity contribution >= 4 is 5.82 Å². The van der Waals surface area contributed by atoms with Crippen molar-refractivity contribution in [2.75, 3.05) is 11.4 Å². The van der Waals surface area contributed by atoms with Gasteiger partial charge in [0.2, 0.25) is 0 Å². The topological polar surface area (TPSA) is 58.9 Å². The summed E-state index contributed by atoms with van der Waals surface area (Å²) in [5.41, 5.74) is 0.977. The smallest absolute Gasteiger partial charge is 0.147 e. The van der Waals surface area contributed by atoms with Crippen LogP contribution in [0.5, 0.6) is 0 Å². The fraction of sp³-hybridized carbons (Fsp3) is 0.500. The van der Waals surface area contributed by atoms with Gasteiger partial charge in [-0.1, -0.05) is 13.8 Å². The predicted molar refractivity (Wildman–Crippen MR) is 77.3 cm³/mol. The number of fused-ring (bicyclic) bond motifs is 1. The standard InChI is InChI=1S/C14H20N6/c1-11(2)17-8-12-7-15-9-13(18-12)20-6-5-19-4-3-16-14(19)10-20/h3-4,7,9,11,17H,5-6,8,10H2,1-2H3. The number of nitrogens with zero attached hydrogens (tertiary/aromatic N) is 5. The van der Waals surface area contributed by atoms with Crippen LogP contribution in [0.1, 0.15) is 25.4 Å². The molecule has 0 atom stereocenters. The number of hydrogen-bond acceptors (Lipinski definition) is 5. The normalized spacial score (nSPS) is 14.7. The van der Waals surface area contributed by atoms with Gasteiger partial charge in [-0.05, 0) is 0 Å². The second kappa shape index (κ2) is 5.58. The minimum absolute atomic E-state index is 0.447. The van der Waals surface area contributed by atoms with Gasteiger partial charge in [-0.15, -0.1) is 0 Å². The number of hydrogen-bond donors (Lipinski definition) is 1. The third kappa shape index (κ3) is 2.80. The monoisotopic (exact) mass is 272 g/mol. The Labute approximate surface area is 118 Å². The quantitative estimate of drug-likeness (QED) is 0.906. The molecule has 1 aliphatic rings. The highest BCUT2D eigenvalue weighted by molar-refractivity contribution is 5.37. The second-order valence-electron chi connectivity index (χ2n) is 5.36. The Morgan fingerprint density at radius 2 is 2.20 bits per heavy atom. The summed E-state index contributed by atoms with van der Waals surface area (Å²) in [6.45, 7) is 7.69. The average Bonchev–Trinajstić information content (AvgIpc) is 2.93. The van der Waals surface area contributed by atoms with Gasteiger partial charge in [0.15, 0.2) is 0 Å². The van der Waals surface area contributed by atoms with Crippen LogP contribution in [0.4, 0.5) is 5.82 Å². The Hall–Kier alpha value is -1.95. The lowest BCUT2D eigenvalue weighted by atomic mass is 10.3. The largest absolute Gasteiger partial charge is 0.346 e. The van der Waals surface area contributed by atoms with E-state index in [1.54, 1.807) is 0 Å². The van der Waals surface area contributed by atoms with E-state index in [4.69, 9.17) is 0 Å². The lowest BCUT2D eigenvalue weighted by Crippen LogP contribution is -2.34. The molecule has 2 aromatic heterocycles. The zero-order chi connectivity index (χ0) is 13.9. The summed E-state index contributed by atoms with van der Waals surface area (Å²) in [5.74, 6) is 2.02. The number of anilines is 1. The Morgan fingerprint density at radius 3 is 3.05 bits per heavy atom. The first-order valence-electron chi connectivity index (χ1n) is 7.01. The van der Waals surface area contributed by atoms with Gasteiger partial charge in [0.25, 0.3) is 0 Å². The van der Waals surface area contributed by atoms with Crippen LogP contribution in [-0.4, -0.2) is 32.1 Å². The van der Waals surface area contributed by atoms with Gasteiger partial charge in [0, 0.05) is 44.3 Å². The fourth-order valence-corrected chi connectivity index (χ4v) is 2.31. The van der Waals surface area contributed by atoms with Gasteiger partial charge in [-0.2, -0.15) is 0 Å². The highest BCUT2D eigenvalue weighted by Gasteiger charge is 2.18. The Balaban J connectivity index is 1.73. The van der Waals surface area contributed by atoms with E-state index in [2.05, 4.69) is 43.6 Å². The molecule has 0 fully saturated rings. The summed E-state index contributed by atoms with van der Waals surface area (Å²) in [6.07, 6.45) is 7.54. The molecule has 0 aromatic carbocycles. The summed E-state index contributed by atoms with van der Waals surface area (Å²) in [5, 5.41) is 3.37. The van der Waals surface area contributed by atoms with Crippen molar-refractivity contribution in [3.05, 3.63) is 36.3 Å². The van der Waals surface area contributed by atoms with Gasteiger partial charge < -0.3 is 14.8 Å². The SMILES string of the molecule is CC(C)NCc1cncc(N2CCn3ccnc3C2)n1. The molecule has 20 heavy (non-hydrogen) atoms. The van der Waals surface area contributed by atoms with Gasteiger partial charge in [0.05, 0.1) is 18.4 Å². The molecule has 0 amide bonds. The molecule has 106 valence electrons. The maximum absolute atomic E-state index is 4.69. The Bertz CT molecular complexity index is 577. The van der Waals surface area contributed by atoms with Crippen molar-refractivity contribution in [2.24, 2.45) is 0 Å². The van der Waals surface area contributed by atoms with E-state index in [1.807, 2.05) is 24.8 Å². The van der Waals surface area contributed by atoms with E-state index < -0.39 is 0 Å². The molecule has 3 rings (SSSR count). The third-order valence-corrected chi connectivity index (χ3v) is 3.43. The first-order chi connectivity index (χ1) is 9.72. The molecule has 0 saturated carbocycles. The first-order valence-corrected chi connectivity index (χ1v) is 7.01. The van der Waals surface area contributed by atoms with Crippen molar-refractivity contribution in [3.63, 3.8) is 0 Å². The summed E-state index contributed by atoms with van der Waals surface area (Å²) >= 11 is 0. The summed E-state index contributed by atoms with van der Waals surface area (Å²) in [4.78, 5) is 15.6. The van der Waals surface area contributed by atoms with Crippen LogP contribution in [0, 0.1) is 0 Å². The lowest BCUT2D eigenvalue weighted by Gasteiger charge is -2.28. The second-order valence-corrected chi connectivity index (χ2v) is 5.36. The first kappa shape index (κ1) is 13.1. The van der Waals surface area contributed by atoms with Gasteiger partial charge >= 0.3 is 0 Å². The molecule has 6 nitrogen and oxygen atoms in total. The van der Waals surface area contributed by atoms with E-state index in [1.165, 1.54) is 0 Å². The van der Waals surface area contributed by atoms with Crippen LogP contribution in [0.3, 0.4) is 0 Å². The molecular formula is C14H20N6. The molecule has 0 unspecified atom stereocenters. The van der Waals surface area contributed by atoms with Crippen molar-refractivity contribution in [1.82, 2.24) is 24.8 Å². The van der Waals surface area contributed by atoms with Crippen LogP contribution in [0.15, 0.2) is 24.8 Å². The lowest BCUT2D eigenvalue weighted by molar-refractivity contribution is 0.551. The number of rotatable bonds is 4. The van der Waals surface area contributed by atoms with Gasteiger partial charge in [-0.3, -0.25) is 4.98 Å². The van der Waals surface area contributed by atoms with E-state index in [-0.39, 0.29) is 0 Å². The van der Waals surface area contributed by atoms with Crippen LogP contribution in [0.2, 0.25) is 0 Å². The van der Waals surface area contributed by atoms with E-state index in [9.17, 15) is 0 Å². The summed E-state index contributed by atoms with van der Waals surface area (Å²) < 4.78 is 2.19. The molecule has 1 N–H and O–H groups in total. The minimum atomic E-state index is 0.447. The Morgan fingerprint density at radius 1 is 1.30 bits per heavy atom. The van der Waals surface area contributed by atoms with Crippen molar-refractivity contribution in [1.29, 1.82) is 0 Å². The predicted octanol–water partition coefficient (Wildman–Crippen LogP) is 1.19. The van der Waals surface area contributed by atoms with E-state index in [0.29, 0.717) is 6.04 Å². The summed E-state index contributed by atoms with van der Waals surface area (Å²) in [6, 6.07) is 0.447. The van der Waals surface area contributed by atoms with Crippen molar-refractivity contribution in [2.45, 2.75) is 39.5 Å². The van der Waals surface area contributed by atoms with E-state index in [0.717, 1.165) is 43.5 Å². The fourth-order valence-electron chi connectivity index (χ4n) is 2.31. The van der Waals surface area contributed by atoms with Gasteiger partial charge in [-0.25, -0.2) is 9.97 Å². The van der Waals surface area contributed by atoms with Gasteiger partial charge in [0.1, 0.15) is 11.6 Å².